The maximum atomic E-state index is 12.5. The average Bonchev–Trinajstić information content (AvgIpc) is 2.62. The predicted molar refractivity (Wildman–Crippen MR) is 90.5 cm³/mol. The van der Waals surface area contributed by atoms with Gasteiger partial charge < -0.3 is 19.6 Å². The molecule has 2 aliphatic rings. The zero-order valence-electron chi connectivity index (χ0n) is 14.2. The van der Waals surface area contributed by atoms with Gasteiger partial charge in [0.2, 0.25) is 5.91 Å². The number of piperidine rings is 1. The number of carbonyl (C=O) groups is 3. The van der Waals surface area contributed by atoms with E-state index in [0.29, 0.717) is 24.4 Å². The lowest BCUT2D eigenvalue weighted by molar-refractivity contribution is -0.152. The number of hydrogen-bond acceptors (Lipinski definition) is 4. The fourth-order valence-electron chi connectivity index (χ4n) is 3.43. The molecule has 25 heavy (non-hydrogen) atoms. The molecule has 2 amide bonds. The molecule has 2 heterocycles. The minimum Gasteiger partial charge on any atom is -0.480 e. The third kappa shape index (κ3) is 3.45. The molecule has 7 nitrogen and oxygen atoms in total. The van der Waals surface area contributed by atoms with Crippen molar-refractivity contribution >= 4 is 23.5 Å². The highest BCUT2D eigenvalue weighted by Crippen LogP contribution is 2.33. The largest absolute Gasteiger partial charge is 0.480 e. The Hall–Kier alpha value is -2.57. The van der Waals surface area contributed by atoms with Crippen LogP contribution in [0.15, 0.2) is 24.3 Å². The molecule has 1 N–H and O–H groups in total. The molecule has 1 aromatic carbocycles. The Morgan fingerprint density at radius 1 is 1.28 bits per heavy atom. The van der Waals surface area contributed by atoms with Crippen LogP contribution in [0, 0.1) is 0 Å². The lowest BCUT2D eigenvalue weighted by Gasteiger charge is -2.35. The zero-order chi connectivity index (χ0) is 18.0. The monoisotopic (exact) mass is 346 g/mol. The number of ether oxygens (including phenoxy) is 1. The number of anilines is 1. The number of fused-ring (bicyclic) bond motifs is 1. The molecule has 0 saturated carbocycles. The summed E-state index contributed by atoms with van der Waals surface area (Å²) >= 11 is 0. The van der Waals surface area contributed by atoms with Crippen molar-refractivity contribution in [3.05, 3.63) is 24.3 Å². The lowest BCUT2D eigenvalue weighted by Crippen LogP contribution is -2.50. The number of rotatable bonds is 4. The summed E-state index contributed by atoms with van der Waals surface area (Å²) in [6.07, 6.45) is 1.60. The first-order valence-electron chi connectivity index (χ1n) is 8.58. The average molecular weight is 346 g/mol. The van der Waals surface area contributed by atoms with Crippen molar-refractivity contribution in [2.45, 2.75) is 44.8 Å². The minimum absolute atomic E-state index is 0.0938. The molecule has 3 rings (SSSR count). The Kier molecular flexibility index (Phi) is 4.92. The Balaban J connectivity index is 1.71. The van der Waals surface area contributed by atoms with Gasteiger partial charge in [-0.3, -0.25) is 9.59 Å². The first kappa shape index (κ1) is 17.3. The van der Waals surface area contributed by atoms with E-state index in [9.17, 15) is 19.5 Å². The minimum atomic E-state index is -0.963. The van der Waals surface area contributed by atoms with E-state index < -0.39 is 18.1 Å². The van der Waals surface area contributed by atoms with Gasteiger partial charge in [0.25, 0.3) is 5.91 Å². The third-order valence-corrected chi connectivity index (χ3v) is 4.73. The van der Waals surface area contributed by atoms with Crippen LogP contribution in [0.4, 0.5) is 5.69 Å². The SMILES string of the molecule is CC1Oc2ccccc2N(CCC(=O)N2CCCCC2C(=O)O)C1=O. The van der Waals surface area contributed by atoms with Gasteiger partial charge in [-0.15, -0.1) is 0 Å². The second-order valence-electron chi connectivity index (χ2n) is 6.40. The molecule has 2 unspecified atom stereocenters. The summed E-state index contributed by atoms with van der Waals surface area (Å²) in [6.45, 7) is 2.35. The lowest BCUT2D eigenvalue weighted by atomic mass is 10.0. The van der Waals surface area contributed by atoms with E-state index in [2.05, 4.69) is 0 Å². The number of nitrogens with zero attached hydrogens (tertiary/aromatic N) is 2. The molecule has 2 aliphatic heterocycles. The fraction of sp³-hybridized carbons (Fsp3) is 0.500. The number of likely N-dealkylation sites (tertiary alicyclic amines) is 1. The van der Waals surface area contributed by atoms with Crippen molar-refractivity contribution in [3.63, 3.8) is 0 Å². The molecular formula is C18H22N2O5. The van der Waals surface area contributed by atoms with E-state index in [-0.39, 0.29) is 24.8 Å². The van der Waals surface area contributed by atoms with Crippen molar-refractivity contribution in [2.24, 2.45) is 0 Å². The smallest absolute Gasteiger partial charge is 0.326 e. The second kappa shape index (κ2) is 7.13. The van der Waals surface area contributed by atoms with Crippen LogP contribution in [0.1, 0.15) is 32.6 Å². The van der Waals surface area contributed by atoms with Gasteiger partial charge in [0.1, 0.15) is 11.8 Å². The van der Waals surface area contributed by atoms with Gasteiger partial charge in [-0.1, -0.05) is 12.1 Å². The molecule has 134 valence electrons. The maximum Gasteiger partial charge on any atom is 0.326 e. The topological polar surface area (TPSA) is 87.2 Å². The van der Waals surface area contributed by atoms with Crippen molar-refractivity contribution in [1.29, 1.82) is 0 Å². The highest BCUT2D eigenvalue weighted by Gasteiger charge is 2.34. The van der Waals surface area contributed by atoms with Crippen molar-refractivity contribution in [3.8, 4) is 5.75 Å². The third-order valence-electron chi connectivity index (χ3n) is 4.73. The van der Waals surface area contributed by atoms with Crippen LogP contribution < -0.4 is 9.64 Å². The molecule has 2 atom stereocenters. The molecule has 7 heteroatoms. The zero-order valence-corrected chi connectivity index (χ0v) is 14.2. The quantitative estimate of drug-likeness (QED) is 0.896. The van der Waals surface area contributed by atoms with Gasteiger partial charge in [0.05, 0.1) is 5.69 Å². The van der Waals surface area contributed by atoms with E-state index >= 15 is 0 Å². The van der Waals surface area contributed by atoms with Crippen LogP contribution >= 0.6 is 0 Å². The summed E-state index contributed by atoms with van der Waals surface area (Å²) in [5, 5.41) is 9.31. The number of amides is 2. The Labute approximate surface area is 146 Å². The first-order valence-corrected chi connectivity index (χ1v) is 8.58. The fourth-order valence-corrected chi connectivity index (χ4v) is 3.43. The van der Waals surface area contributed by atoms with E-state index in [1.165, 1.54) is 4.90 Å². The number of carboxylic acids is 1. The number of para-hydroxylation sites is 2. The maximum absolute atomic E-state index is 12.5. The normalized spacial score (nSPS) is 23.0. The summed E-state index contributed by atoms with van der Waals surface area (Å²) in [6, 6.07) is 6.46. The van der Waals surface area contributed by atoms with Gasteiger partial charge in [-0.25, -0.2) is 4.79 Å². The van der Waals surface area contributed by atoms with Gasteiger partial charge in [0.15, 0.2) is 6.10 Å². The van der Waals surface area contributed by atoms with E-state index in [4.69, 9.17) is 4.74 Å². The van der Waals surface area contributed by atoms with Crippen LogP contribution in [-0.4, -0.2) is 53.0 Å². The summed E-state index contributed by atoms with van der Waals surface area (Å²) in [5.74, 6) is -0.769. The number of aliphatic carboxylic acids is 1. The number of carbonyl (C=O) groups excluding carboxylic acids is 2. The Morgan fingerprint density at radius 2 is 2.04 bits per heavy atom. The van der Waals surface area contributed by atoms with Crippen molar-refractivity contribution < 1.29 is 24.2 Å². The molecule has 0 bridgehead atoms. The standard InChI is InChI=1S/C18H22N2O5/c1-12-17(22)20(13-6-2-3-8-15(13)25-12)11-9-16(21)19-10-5-4-7-14(19)18(23)24/h2-3,6,8,12,14H,4-5,7,9-11H2,1H3,(H,23,24). The highest BCUT2D eigenvalue weighted by molar-refractivity contribution is 6.00. The number of benzene rings is 1. The Morgan fingerprint density at radius 3 is 2.80 bits per heavy atom. The number of hydrogen-bond donors (Lipinski definition) is 1. The van der Waals surface area contributed by atoms with Gasteiger partial charge in [0, 0.05) is 19.5 Å². The van der Waals surface area contributed by atoms with Gasteiger partial charge in [-0.05, 0) is 38.3 Å². The molecule has 1 aromatic rings. The van der Waals surface area contributed by atoms with E-state index in [1.54, 1.807) is 24.0 Å². The van der Waals surface area contributed by atoms with E-state index in [0.717, 1.165) is 12.8 Å². The first-order chi connectivity index (χ1) is 12.0. The summed E-state index contributed by atoms with van der Waals surface area (Å²) < 4.78 is 5.58. The summed E-state index contributed by atoms with van der Waals surface area (Å²) in [5.41, 5.74) is 0.645. The molecule has 1 saturated heterocycles. The molecule has 0 aromatic heterocycles. The predicted octanol–water partition coefficient (Wildman–Crippen LogP) is 1.66. The molecule has 0 spiro atoms. The van der Waals surface area contributed by atoms with E-state index in [1.807, 2.05) is 12.1 Å². The van der Waals surface area contributed by atoms with Crippen LogP contribution in [0.5, 0.6) is 5.75 Å². The van der Waals surface area contributed by atoms with Gasteiger partial charge >= 0.3 is 5.97 Å². The molecule has 0 aliphatic carbocycles. The number of carboxylic acid groups (broad SMARTS) is 1. The van der Waals surface area contributed by atoms with Crippen LogP contribution in [0.2, 0.25) is 0 Å². The van der Waals surface area contributed by atoms with Crippen molar-refractivity contribution in [1.82, 2.24) is 4.90 Å². The molecule has 1 fully saturated rings. The van der Waals surface area contributed by atoms with Gasteiger partial charge in [-0.2, -0.15) is 0 Å². The highest BCUT2D eigenvalue weighted by atomic mass is 16.5. The Bertz CT molecular complexity index is 690. The second-order valence-corrected chi connectivity index (χ2v) is 6.40. The molecular weight excluding hydrogens is 324 g/mol. The van der Waals surface area contributed by atoms with Crippen LogP contribution in [0.25, 0.3) is 0 Å². The van der Waals surface area contributed by atoms with Crippen LogP contribution in [-0.2, 0) is 14.4 Å². The summed E-state index contributed by atoms with van der Waals surface area (Å²) in [7, 11) is 0. The van der Waals surface area contributed by atoms with Crippen molar-refractivity contribution in [2.75, 3.05) is 18.0 Å². The molecule has 0 radical (unpaired) electrons. The summed E-state index contributed by atoms with van der Waals surface area (Å²) in [4.78, 5) is 39.3. The van der Waals surface area contributed by atoms with Crippen LogP contribution in [0.3, 0.4) is 0 Å².